The third-order valence-corrected chi connectivity index (χ3v) is 5.47. The maximum atomic E-state index is 13.9. The Bertz CT molecular complexity index is 1290. The Balaban J connectivity index is 1.35. The van der Waals surface area contributed by atoms with E-state index in [-0.39, 0.29) is 41.0 Å². The van der Waals surface area contributed by atoms with Crippen molar-refractivity contribution in [1.82, 2.24) is 19.6 Å². The molecule has 4 aromatic rings. The summed E-state index contributed by atoms with van der Waals surface area (Å²) in [5.41, 5.74) is 1.94. The summed E-state index contributed by atoms with van der Waals surface area (Å²) < 4.78 is 22.6. The number of rotatable bonds is 7. The number of carbonyl (C=O) groups excluding carboxylic acids is 1. The Labute approximate surface area is 202 Å². The molecular formula is C25H25ClFN5O2. The Morgan fingerprint density at radius 2 is 1.79 bits per heavy atom. The Hall–Kier alpha value is -3.65. The number of anilines is 1. The summed E-state index contributed by atoms with van der Waals surface area (Å²) in [6, 6.07) is 15.9. The minimum Gasteiger partial charge on any atom is -0.471 e. The number of benzene rings is 2. The smallest absolute Gasteiger partial charge is 0.277 e. The zero-order valence-corrected chi connectivity index (χ0v) is 19.9. The van der Waals surface area contributed by atoms with Gasteiger partial charge in [-0.15, -0.1) is 0 Å². The second kappa shape index (κ2) is 9.69. The van der Waals surface area contributed by atoms with Crippen LogP contribution in [-0.4, -0.2) is 25.5 Å². The minimum absolute atomic E-state index is 0.0687. The van der Waals surface area contributed by atoms with Gasteiger partial charge in [0.1, 0.15) is 16.6 Å². The molecule has 0 radical (unpaired) electrons. The summed E-state index contributed by atoms with van der Waals surface area (Å²) >= 11 is 6.21. The molecule has 1 N–H and O–H groups in total. The maximum Gasteiger partial charge on any atom is 0.277 e. The van der Waals surface area contributed by atoms with Crippen molar-refractivity contribution in [3.05, 3.63) is 94.7 Å². The summed E-state index contributed by atoms with van der Waals surface area (Å²) in [5, 5.41) is 11.4. The monoisotopic (exact) mass is 481 g/mol. The predicted molar refractivity (Wildman–Crippen MR) is 129 cm³/mol. The highest BCUT2D eigenvalue weighted by Crippen LogP contribution is 2.24. The quantitative estimate of drug-likeness (QED) is 0.378. The number of nitrogens with one attached hydrogen (secondary N) is 1. The van der Waals surface area contributed by atoms with Gasteiger partial charge in [0, 0.05) is 18.0 Å². The van der Waals surface area contributed by atoms with E-state index in [0.29, 0.717) is 11.3 Å². The van der Waals surface area contributed by atoms with Crippen LogP contribution in [0.15, 0.2) is 67.0 Å². The first kappa shape index (κ1) is 23.5. The molecular weight excluding hydrogens is 457 g/mol. The molecule has 9 heteroatoms. The number of halogens is 2. The van der Waals surface area contributed by atoms with E-state index in [1.807, 2.05) is 24.3 Å². The predicted octanol–water partition coefficient (Wildman–Crippen LogP) is 5.51. The average molecular weight is 482 g/mol. The van der Waals surface area contributed by atoms with Gasteiger partial charge in [-0.25, -0.2) is 9.07 Å². The molecule has 4 rings (SSSR count). The number of hydrogen-bond acceptors (Lipinski definition) is 4. The lowest BCUT2D eigenvalue weighted by molar-refractivity contribution is 0.101. The number of carbonyl (C=O) groups is 1. The summed E-state index contributed by atoms with van der Waals surface area (Å²) in [6.07, 6.45) is 3.18. The van der Waals surface area contributed by atoms with E-state index >= 15 is 0 Å². The van der Waals surface area contributed by atoms with Crippen molar-refractivity contribution in [3.63, 3.8) is 0 Å². The topological polar surface area (TPSA) is 74.0 Å². The van der Waals surface area contributed by atoms with Gasteiger partial charge in [0.05, 0.1) is 6.54 Å². The number of nitrogens with zero attached hydrogens (tertiary/aromatic N) is 4. The molecule has 0 atom stereocenters. The molecule has 34 heavy (non-hydrogen) atoms. The second-order valence-electron chi connectivity index (χ2n) is 8.86. The number of aromatic nitrogens is 4. The molecule has 0 aliphatic carbocycles. The van der Waals surface area contributed by atoms with Gasteiger partial charge < -0.3 is 10.1 Å². The summed E-state index contributed by atoms with van der Waals surface area (Å²) in [7, 11) is 0. The molecule has 1 amide bonds. The van der Waals surface area contributed by atoms with Crippen molar-refractivity contribution in [2.45, 2.75) is 39.5 Å². The van der Waals surface area contributed by atoms with Crippen molar-refractivity contribution in [1.29, 1.82) is 0 Å². The standard InChI is InChI=1S/C25H25ClFN5O2/c1-25(2,3)18-8-10-19(11-9-18)34-16-31-13-12-22(29-31)24(33)28-23-20(26)15-32(30-23)14-17-6-4-5-7-21(17)27/h4-13,15H,14,16H2,1-3H3,(H,28,30,33). The molecule has 176 valence electrons. The van der Waals surface area contributed by atoms with Gasteiger partial charge in [-0.05, 0) is 35.2 Å². The highest BCUT2D eigenvalue weighted by atomic mass is 35.5. The van der Waals surface area contributed by atoms with E-state index in [0.717, 1.165) is 0 Å². The highest BCUT2D eigenvalue weighted by Gasteiger charge is 2.16. The van der Waals surface area contributed by atoms with Crippen LogP contribution in [0.2, 0.25) is 5.02 Å². The van der Waals surface area contributed by atoms with Crippen LogP contribution in [0.25, 0.3) is 0 Å². The van der Waals surface area contributed by atoms with Gasteiger partial charge in [0.25, 0.3) is 5.91 Å². The normalized spacial score (nSPS) is 11.4. The van der Waals surface area contributed by atoms with Crippen LogP contribution in [0, 0.1) is 5.82 Å². The molecule has 0 fully saturated rings. The van der Waals surface area contributed by atoms with Crippen LogP contribution < -0.4 is 10.1 Å². The zero-order valence-electron chi connectivity index (χ0n) is 19.1. The lowest BCUT2D eigenvalue weighted by Gasteiger charge is -2.19. The van der Waals surface area contributed by atoms with Crippen LogP contribution in [-0.2, 0) is 18.7 Å². The van der Waals surface area contributed by atoms with E-state index in [1.165, 1.54) is 27.2 Å². The molecule has 0 bridgehead atoms. The molecule has 0 aliphatic rings. The van der Waals surface area contributed by atoms with Gasteiger partial charge in [0.15, 0.2) is 18.2 Å². The summed E-state index contributed by atoms with van der Waals surface area (Å²) in [5.74, 6) is 0.0818. The van der Waals surface area contributed by atoms with E-state index in [9.17, 15) is 9.18 Å². The zero-order chi connectivity index (χ0) is 24.3. The lowest BCUT2D eigenvalue weighted by atomic mass is 9.87. The largest absolute Gasteiger partial charge is 0.471 e. The summed E-state index contributed by atoms with van der Waals surface area (Å²) in [6.45, 7) is 6.80. The number of ether oxygens (including phenoxy) is 1. The van der Waals surface area contributed by atoms with Gasteiger partial charge in [-0.1, -0.05) is 62.7 Å². The van der Waals surface area contributed by atoms with Gasteiger partial charge in [0.2, 0.25) is 0 Å². The van der Waals surface area contributed by atoms with Gasteiger partial charge in [-0.2, -0.15) is 10.2 Å². The number of amides is 1. The molecule has 0 saturated heterocycles. The van der Waals surface area contributed by atoms with Crippen LogP contribution in [0.1, 0.15) is 42.4 Å². The maximum absolute atomic E-state index is 13.9. The minimum atomic E-state index is -0.466. The van der Waals surface area contributed by atoms with Crippen LogP contribution in [0.3, 0.4) is 0 Å². The Kier molecular flexibility index (Phi) is 6.70. The van der Waals surface area contributed by atoms with E-state index in [1.54, 1.807) is 30.5 Å². The Morgan fingerprint density at radius 1 is 1.06 bits per heavy atom. The van der Waals surface area contributed by atoms with Gasteiger partial charge in [-0.3, -0.25) is 9.48 Å². The molecule has 0 aliphatic heterocycles. The van der Waals surface area contributed by atoms with Crippen molar-refractivity contribution in [2.75, 3.05) is 5.32 Å². The molecule has 2 aromatic heterocycles. The molecule has 2 heterocycles. The van der Waals surface area contributed by atoms with Crippen molar-refractivity contribution >= 4 is 23.3 Å². The first-order chi connectivity index (χ1) is 16.2. The van der Waals surface area contributed by atoms with Gasteiger partial charge >= 0.3 is 0 Å². The lowest BCUT2D eigenvalue weighted by Crippen LogP contribution is -2.15. The fraction of sp³-hybridized carbons (Fsp3) is 0.240. The van der Waals surface area contributed by atoms with Crippen molar-refractivity contribution in [3.8, 4) is 5.75 Å². The van der Waals surface area contributed by atoms with E-state index in [4.69, 9.17) is 16.3 Å². The van der Waals surface area contributed by atoms with E-state index in [2.05, 4.69) is 36.3 Å². The summed E-state index contributed by atoms with van der Waals surface area (Å²) in [4.78, 5) is 12.6. The fourth-order valence-electron chi connectivity index (χ4n) is 3.28. The first-order valence-corrected chi connectivity index (χ1v) is 11.1. The molecule has 2 aromatic carbocycles. The van der Waals surface area contributed by atoms with Crippen molar-refractivity contribution < 1.29 is 13.9 Å². The van der Waals surface area contributed by atoms with Crippen LogP contribution >= 0.6 is 11.6 Å². The third kappa shape index (κ3) is 5.63. The molecule has 7 nitrogen and oxygen atoms in total. The van der Waals surface area contributed by atoms with Crippen LogP contribution in [0.4, 0.5) is 10.2 Å². The number of hydrogen-bond donors (Lipinski definition) is 1. The Morgan fingerprint density at radius 3 is 2.50 bits per heavy atom. The molecule has 0 saturated carbocycles. The average Bonchev–Trinajstić information content (AvgIpc) is 3.40. The van der Waals surface area contributed by atoms with Crippen LogP contribution in [0.5, 0.6) is 5.75 Å². The van der Waals surface area contributed by atoms with Crippen molar-refractivity contribution in [2.24, 2.45) is 0 Å². The molecule has 0 spiro atoms. The first-order valence-electron chi connectivity index (χ1n) is 10.7. The third-order valence-electron chi connectivity index (χ3n) is 5.20. The fourth-order valence-corrected chi connectivity index (χ4v) is 3.48. The van der Waals surface area contributed by atoms with E-state index < -0.39 is 5.91 Å². The highest BCUT2D eigenvalue weighted by molar-refractivity contribution is 6.33. The molecule has 0 unspecified atom stereocenters. The SMILES string of the molecule is CC(C)(C)c1ccc(OCn2ccc(C(=O)Nc3nn(Cc4ccccc4F)cc3Cl)n2)cc1. The second-order valence-corrected chi connectivity index (χ2v) is 9.26.